The zero-order valence-electron chi connectivity index (χ0n) is 8.54. The molecule has 0 atom stereocenters. The van der Waals surface area contributed by atoms with E-state index in [-0.39, 0.29) is 11.6 Å². The third kappa shape index (κ3) is 2.80. The molecule has 0 aliphatic heterocycles. The second-order valence-electron chi connectivity index (χ2n) is 3.42. The van der Waals surface area contributed by atoms with E-state index in [0.29, 0.717) is 12.8 Å². The summed E-state index contributed by atoms with van der Waals surface area (Å²) in [6.07, 6.45) is 1.16. The quantitative estimate of drug-likeness (QED) is 0.683. The third-order valence-electron chi connectivity index (χ3n) is 2.14. The molecule has 14 heavy (non-hydrogen) atoms. The Morgan fingerprint density at radius 1 is 1.14 bits per heavy atom. The summed E-state index contributed by atoms with van der Waals surface area (Å²) in [6, 6.07) is 7.44. The molecule has 0 aromatic heterocycles. The topological polar surface area (TPSA) is 34.1 Å². The molecular formula is C12H14O2. The first-order valence-corrected chi connectivity index (χ1v) is 4.69. The molecule has 0 spiro atoms. The van der Waals surface area contributed by atoms with Crippen LogP contribution in [-0.4, -0.2) is 11.6 Å². The normalized spacial score (nSPS) is 9.86. The Morgan fingerprint density at radius 3 is 2.36 bits per heavy atom. The van der Waals surface area contributed by atoms with Crippen LogP contribution in [0, 0.1) is 0 Å². The molecule has 0 aliphatic rings. The first-order valence-electron chi connectivity index (χ1n) is 4.69. The van der Waals surface area contributed by atoms with E-state index in [2.05, 4.69) is 0 Å². The standard InChI is InChI=1S/C12H14O2/c1-9(13)7-8-11-5-3-4-6-12(11)10(2)14/h3-6H,7-8H2,1-2H3. The molecule has 0 radical (unpaired) electrons. The SMILES string of the molecule is CC(=O)CCc1ccccc1C(C)=O. The molecule has 1 rings (SSSR count). The zero-order valence-corrected chi connectivity index (χ0v) is 8.54. The highest BCUT2D eigenvalue weighted by Crippen LogP contribution is 2.11. The van der Waals surface area contributed by atoms with Crippen molar-refractivity contribution < 1.29 is 9.59 Å². The van der Waals surface area contributed by atoms with Crippen LogP contribution in [0.25, 0.3) is 0 Å². The summed E-state index contributed by atoms with van der Waals surface area (Å²) >= 11 is 0. The van der Waals surface area contributed by atoms with E-state index in [1.165, 1.54) is 0 Å². The van der Waals surface area contributed by atoms with Crippen LogP contribution >= 0.6 is 0 Å². The fourth-order valence-corrected chi connectivity index (χ4v) is 1.39. The molecule has 2 nitrogen and oxygen atoms in total. The molecule has 1 aromatic carbocycles. The molecule has 0 fully saturated rings. The summed E-state index contributed by atoms with van der Waals surface area (Å²) in [6.45, 7) is 3.11. The van der Waals surface area contributed by atoms with Gasteiger partial charge in [-0.2, -0.15) is 0 Å². The van der Waals surface area contributed by atoms with Gasteiger partial charge in [0.25, 0.3) is 0 Å². The van der Waals surface area contributed by atoms with Gasteiger partial charge >= 0.3 is 0 Å². The van der Waals surface area contributed by atoms with Crippen molar-refractivity contribution in [1.82, 2.24) is 0 Å². The summed E-state index contributed by atoms with van der Waals surface area (Å²) in [5, 5.41) is 0. The van der Waals surface area contributed by atoms with Crippen LogP contribution in [0.5, 0.6) is 0 Å². The van der Waals surface area contributed by atoms with Gasteiger partial charge in [0.1, 0.15) is 5.78 Å². The minimum absolute atomic E-state index is 0.0594. The van der Waals surface area contributed by atoms with E-state index >= 15 is 0 Å². The highest BCUT2D eigenvalue weighted by Gasteiger charge is 2.06. The smallest absolute Gasteiger partial charge is 0.160 e. The van der Waals surface area contributed by atoms with Crippen LogP contribution in [0.4, 0.5) is 0 Å². The molecule has 0 unspecified atom stereocenters. The van der Waals surface area contributed by atoms with Crippen LogP contribution in [0.3, 0.4) is 0 Å². The number of hydrogen-bond donors (Lipinski definition) is 0. The largest absolute Gasteiger partial charge is 0.300 e. The first kappa shape index (κ1) is 10.6. The Balaban J connectivity index is 2.84. The number of rotatable bonds is 4. The van der Waals surface area contributed by atoms with Gasteiger partial charge < -0.3 is 4.79 Å². The Hall–Kier alpha value is -1.44. The van der Waals surface area contributed by atoms with Crippen LogP contribution in [-0.2, 0) is 11.2 Å². The van der Waals surface area contributed by atoms with Gasteiger partial charge in [0.2, 0.25) is 0 Å². The predicted molar refractivity (Wildman–Crippen MR) is 55.4 cm³/mol. The molecule has 1 aromatic rings. The lowest BCUT2D eigenvalue weighted by Gasteiger charge is -2.04. The van der Waals surface area contributed by atoms with E-state index in [9.17, 15) is 9.59 Å². The molecule has 74 valence electrons. The van der Waals surface area contributed by atoms with Crippen LogP contribution < -0.4 is 0 Å². The first-order chi connectivity index (χ1) is 6.61. The number of ketones is 2. The van der Waals surface area contributed by atoms with Crippen LogP contribution in [0.2, 0.25) is 0 Å². The minimum Gasteiger partial charge on any atom is -0.300 e. The van der Waals surface area contributed by atoms with Gasteiger partial charge in [-0.15, -0.1) is 0 Å². The number of carbonyl (C=O) groups is 2. The molecule has 0 amide bonds. The van der Waals surface area contributed by atoms with Crippen molar-refractivity contribution in [2.75, 3.05) is 0 Å². The summed E-state index contributed by atoms with van der Waals surface area (Å²) < 4.78 is 0. The highest BCUT2D eigenvalue weighted by molar-refractivity contribution is 5.95. The van der Waals surface area contributed by atoms with Crippen molar-refractivity contribution in [3.8, 4) is 0 Å². The van der Waals surface area contributed by atoms with Gasteiger partial charge in [-0.3, -0.25) is 4.79 Å². The average molecular weight is 190 g/mol. The number of Topliss-reactive ketones (excluding diaryl/α,β-unsaturated/α-hetero) is 2. The molecule has 0 aliphatic carbocycles. The molecular weight excluding hydrogens is 176 g/mol. The van der Waals surface area contributed by atoms with Crippen LogP contribution in [0.15, 0.2) is 24.3 Å². The molecule has 0 bridgehead atoms. The Labute approximate surface area is 83.9 Å². The Morgan fingerprint density at radius 2 is 1.79 bits per heavy atom. The number of hydrogen-bond acceptors (Lipinski definition) is 2. The van der Waals surface area contributed by atoms with Gasteiger partial charge in [-0.25, -0.2) is 0 Å². The predicted octanol–water partition coefficient (Wildman–Crippen LogP) is 2.41. The molecule has 2 heteroatoms. The lowest BCUT2D eigenvalue weighted by Crippen LogP contribution is -2.01. The van der Waals surface area contributed by atoms with Crippen LogP contribution in [0.1, 0.15) is 36.2 Å². The summed E-state index contributed by atoms with van der Waals surface area (Å²) in [4.78, 5) is 22.0. The average Bonchev–Trinajstić information content (AvgIpc) is 2.15. The Bertz CT molecular complexity index is 353. The van der Waals surface area contributed by atoms with E-state index in [1.54, 1.807) is 19.9 Å². The fraction of sp³-hybridized carbons (Fsp3) is 0.333. The third-order valence-corrected chi connectivity index (χ3v) is 2.14. The summed E-state index contributed by atoms with van der Waals surface area (Å²) in [7, 11) is 0. The monoisotopic (exact) mass is 190 g/mol. The van der Waals surface area contributed by atoms with Gasteiger partial charge in [-0.1, -0.05) is 24.3 Å². The van der Waals surface area contributed by atoms with Crippen molar-refractivity contribution in [3.63, 3.8) is 0 Å². The molecule has 0 heterocycles. The van der Waals surface area contributed by atoms with Crippen molar-refractivity contribution in [1.29, 1.82) is 0 Å². The zero-order chi connectivity index (χ0) is 10.6. The maximum Gasteiger partial charge on any atom is 0.160 e. The summed E-state index contributed by atoms with van der Waals surface area (Å²) in [5.41, 5.74) is 1.70. The number of benzene rings is 1. The fourth-order valence-electron chi connectivity index (χ4n) is 1.39. The minimum atomic E-state index is 0.0594. The lowest BCUT2D eigenvalue weighted by molar-refractivity contribution is -0.116. The van der Waals surface area contributed by atoms with E-state index in [1.807, 2.05) is 18.2 Å². The second kappa shape index (κ2) is 4.70. The van der Waals surface area contributed by atoms with E-state index in [0.717, 1.165) is 11.1 Å². The molecule has 0 saturated heterocycles. The van der Waals surface area contributed by atoms with Gasteiger partial charge in [0.05, 0.1) is 0 Å². The maximum atomic E-state index is 11.2. The van der Waals surface area contributed by atoms with Crippen molar-refractivity contribution in [3.05, 3.63) is 35.4 Å². The van der Waals surface area contributed by atoms with Crippen molar-refractivity contribution >= 4 is 11.6 Å². The Kier molecular flexibility index (Phi) is 3.57. The molecule has 0 N–H and O–H groups in total. The van der Waals surface area contributed by atoms with Gasteiger partial charge in [0.15, 0.2) is 5.78 Å². The number of aryl methyl sites for hydroxylation is 1. The maximum absolute atomic E-state index is 11.2. The van der Waals surface area contributed by atoms with E-state index < -0.39 is 0 Å². The lowest BCUT2D eigenvalue weighted by atomic mass is 9.99. The molecule has 0 saturated carbocycles. The van der Waals surface area contributed by atoms with Gasteiger partial charge in [-0.05, 0) is 25.8 Å². The second-order valence-corrected chi connectivity index (χ2v) is 3.42. The van der Waals surface area contributed by atoms with E-state index in [4.69, 9.17) is 0 Å². The van der Waals surface area contributed by atoms with Crippen molar-refractivity contribution in [2.45, 2.75) is 26.7 Å². The van der Waals surface area contributed by atoms with Gasteiger partial charge in [0, 0.05) is 12.0 Å². The van der Waals surface area contributed by atoms with Crippen molar-refractivity contribution in [2.24, 2.45) is 0 Å². The summed E-state index contributed by atoms with van der Waals surface area (Å²) in [5.74, 6) is 0.215. The number of carbonyl (C=O) groups excluding carboxylic acids is 2. The highest BCUT2D eigenvalue weighted by atomic mass is 16.1.